The molecule has 0 saturated heterocycles. The molecule has 0 aliphatic heterocycles. The summed E-state index contributed by atoms with van der Waals surface area (Å²) in [6, 6.07) is 0.270. The lowest BCUT2D eigenvalue weighted by Gasteiger charge is -2.36. The number of carboxylic acid groups (broad SMARTS) is 1. The lowest BCUT2D eigenvalue weighted by Crippen LogP contribution is -2.49. The second kappa shape index (κ2) is 5.72. The summed E-state index contributed by atoms with van der Waals surface area (Å²) >= 11 is 0. The molecule has 0 spiro atoms. The Morgan fingerprint density at radius 2 is 1.78 bits per heavy atom. The highest BCUT2D eigenvalue weighted by Gasteiger charge is 2.42. The molecule has 0 aromatic heterocycles. The first-order chi connectivity index (χ1) is 8.63. The first-order valence-corrected chi connectivity index (χ1v) is 7.16. The fraction of sp³-hybridized carbons (Fsp3) is 0.857. The molecule has 4 unspecified atom stereocenters. The number of hydrogen-bond donors (Lipinski definition) is 2. The summed E-state index contributed by atoms with van der Waals surface area (Å²) in [5.41, 5.74) is 0. The molecule has 4 atom stereocenters. The third-order valence-corrected chi connectivity index (χ3v) is 4.69. The van der Waals surface area contributed by atoms with Crippen LogP contribution in [0.3, 0.4) is 0 Å². The van der Waals surface area contributed by atoms with Crippen LogP contribution in [0.1, 0.15) is 51.9 Å². The van der Waals surface area contributed by atoms with Crippen molar-refractivity contribution in [3.63, 3.8) is 0 Å². The summed E-state index contributed by atoms with van der Waals surface area (Å²) in [5, 5.41) is 12.1. The fourth-order valence-corrected chi connectivity index (χ4v) is 3.29. The van der Waals surface area contributed by atoms with E-state index < -0.39 is 11.9 Å². The highest BCUT2D eigenvalue weighted by molar-refractivity contribution is 5.86. The highest BCUT2D eigenvalue weighted by atomic mass is 16.4. The summed E-state index contributed by atoms with van der Waals surface area (Å²) < 4.78 is 0. The fourth-order valence-electron chi connectivity index (χ4n) is 3.29. The minimum Gasteiger partial charge on any atom is -0.481 e. The quantitative estimate of drug-likeness (QED) is 0.807. The molecule has 18 heavy (non-hydrogen) atoms. The molecule has 2 N–H and O–H groups in total. The Kier molecular flexibility index (Phi) is 4.25. The third-order valence-electron chi connectivity index (χ3n) is 4.69. The van der Waals surface area contributed by atoms with Gasteiger partial charge in [-0.2, -0.15) is 0 Å². The van der Waals surface area contributed by atoms with Crippen LogP contribution in [-0.2, 0) is 9.59 Å². The van der Waals surface area contributed by atoms with E-state index in [9.17, 15) is 9.59 Å². The molecule has 2 aliphatic rings. The maximum absolute atomic E-state index is 12.1. The Morgan fingerprint density at radius 1 is 1.11 bits per heavy atom. The van der Waals surface area contributed by atoms with E-state index in [1.54, 1.807) is 0 Å². The van der Waals surface area contributed by atoms with Gasteiger partial charge in [0.05, 0.1) is 11.8 Å². The van der Waals surface area contributed by atoms with Crippen LogP contribution in [0.4, 0.5) is 0 Å². The van der Waals surface area contributed by atoms with Gasteiger partial charge in [0.2, 0.25) is 5.91 Å². The monoisotopic (exact) mass is 253 g/mol. The second-order valence-electron chi connectivity index (χ2n) is 5.70. The van der Waals surface area contributed by atoms with Crippen LogP contribution in [0.5, 0.6) is 0 Å². The number of carboxylic acids is 1. The molecular formula is C14H23NO3. The molecule has 4 nitrogen and oxygen atoms in total. The molecule has 2 saturated carbocycles. The van der Waals surface area contributed by atoms with E-state index in [1.165, 1.54) is 19.3 Å². The van der Waals surface area contributed by atoms with Crippen molar-refractivity contribution < 1.29 is 14.7 Å². The number of aliphatic carboxylic acids is 1. The maximum atomic E-state index is 12.1. The minimum atomic E-state index is -0.822. The summed E-state index contributed by atoms with van der Waals surface area (Å²) in [6.45, 7) is 2.17. The van der Waals surface area contributed by atoms with Crippen LogP contribution in [-0.4, -0.2) is 23.0 Å². The lowest BCUT2D eigenvalue weighted by atomic mass is 9.72. The van der Waals surface area contributed by atoms with Gasteiger partial charge in [-0.3, -0.25) is 9.59 Å². The Balaban J connectivity index is 1.88. The third kappa shape index (κ3) is 2.68. The molecule has 0 heterocycles. The molecule has 2 rings (SSSR count). The average Bonchev–Trinajstić information content (AvgIpc) is 2.27. The second-order valence-corrected chi connectivity index (χ2v) is 5.70. The van der Waals surface area contributed by atoms with Gasteiger partial charge in [-0.05, 0) is 31.6 Å². The Hall–Kier alpha value is -1.06. The summed E-state index contributed by atoms with van der Waals surface area (Å²) in [4.78, 5) is 23.0. The van der Waals surface area contributed by atoms with Crippen molar-refractivity contribution >= 4 is 11.9 Å². The van der Waals surface area contributed by atoms with Crippen LogP contribution in [0, 0.1) is 17.8 Å². The van der Waals surface area contributed by atoms with Crippen molar-refractivity contribution in [1.82, 2.24) is 5.32 Å². The van der Waals surface area contributed by atoms with E-state index in [2.05, 4.69) is 12.2 Å². The van der Waals surface area contributed by atoms with Gasteiger partial charge in [0.15, 0.2) is 0 Å². The molecule has 4 heteroatoms. The van der Waals surface area contributed by atoms with E-state index >= 15 is 0 Å². The Bertz CT molecular complexity index is 329. The van der Waals surface area contributed by atoms with E-state index in [4.69, 9.17) is 5.11 Å². The van der Waals surface area contributed by atoms with Crippen molar-refractivity contribution in [1.29, 1.82) is 0 Å². The van der Waals surface area contributed by atoms with E-state index in [0.29, 0.717) is 12.3 Å². The Morgan fingerprint density at radius 3 is 2.33 bits per heavy atom. The normalized spacial score (nSPS) is 35.6. The SMILES string of the molecule is CCC1CCCCC1NC(=O)C1CCC1C(=O)O. The van der Waals surface area contributed by atoms with Gasteiger partial charge in [0.1, 0.15) is 0 Å². The lowest BCUT2D eigenvalue weighted by molar-refractivity contribution is -0.153. The van der Waals surface area contributed by atoms with Crippen LogP contribution < -0.4 is 5.32 Å². The molecule has 0 aromatic carbocycles. The number of rotatable bonds is 4. The van der Waals surface area contributed by atoms with Crippen molar-refractivity contribution in [2.75, 3.05) is 0 Å². The van der Waals surface area contributed by atoms with E-state index in [0.717, 1.165) is 19.3 Å². The number of carbonyl (C=O) groups is 2. The molecule has 0 radical (unpaired) electrons. The number of hydrogen-bond acceptors (Lipinski definition) is 2. The molecule has 2 fully saturated rings. The van der Waals surface area contributed by atoms with Crippen LogP contribution in [0.2, 0.25) is 0 Å². The van der Waals surface area contributed by atoms with Crippen LogP contribution in [0.25, 0.3) is 0 Å². The van der Waals surface area contributed by atoms with Gasteiger partial charge in [0.25, 0.3) is 0 Å². The van der Waals surface area contributed by atoms with Gasteiger partial charge in [-0.15, -0.1) is 0 Å². The van der Waals surface area contributed by atoms with Gasteiger partial charge in [0, 0.05) is 6.04 Å². The predicted molar refractivity (Wildman–Crippen MR) is 68.0 cm³/mol. The Labute approximate surface area is 108 Å². The van der Waals surface area contributed by atoms with Gasteiger partial charge in [-0.25, -0.2) is 0 Å². The van der Waals surface area contributed by atoms with Crippen molar-refractivity contribution in [2.45, 2.75) is 57.9 Å². The zero-order valence-electron chi connectivity index (χ0n) is 11.0. The molecule has 1 amide bonds. The molecule has 0 aromatic rings. The number of carbonyl (C=O) groups excluding carboxylic acids is 1. The van der Waals surface area contributed by atoms with Crippen molar-refractivity contribution in [3.05, 3.63) is 0 Å². The smallest absolute Gasteiger partial charge is 0.307 e. The molecule has 2 aliphatic carbocycles. The zero-order valence-corrected chi connectivity index (χ0v) is 11.0. The summed E-state index contributed by atoms with van der Waals surface area (Å²) in [7, 11) is 0. The van der Waals surface area contributed by atoms with Gasteiger partial charge < -0.3 is 10.4 Å². The maximum Gasteiger partial charge on any atom is 0.307 e. The van der Waals surface area contributed by atoms with Crippen LogP contribution in [0.15, 0.2) is 0 Å². The number of amides is 1. The van der Waals surface area contributed by atoms with E-state index in [1.807, 2.05) is 0 Å². The molecule has 0 bridgehead atoms. The highest BCUT2D eigenvalue weighted by Crippen LogP contribution is 2.35. The zero-order chi connectivity index (χ0) is 13.1. The first-order valence-electron chi connectivity index (χ1n) is 7.16. The molecule has 102 valence electrons. The first kappa shape index (κ1) is 13.4. The summed E-state index contributed by atoms with van der Waals surface area (Å²) in [5.74, 6) is -1.02. The minimum absolute atomic E-state index is 0.0287. The van der Waals surface area contributed by atoms with Crippen molar-refractivity contribution in [3.8, 4) is 0 Å². The van der Waals surface area contributed by atoms with E-state index in [-0.39, 0.29) is 17.9 Å². The van der Waals surface area contributed by atoms with Crippen LogP contribution >= 0.6 is 0 Å². The average molecular weight is 253 g/mol. The molecular weight excluding hydrogens is 230 g/mol. The van der Waals surface area contributed by atoms with Crippen molar-refractivity contribution in [2.24, 2.45) is 17.8 Å². The largest absolute Gasteiger partial charge is 0.481 e. The number of nitrogens with one attached hydrogen (secondary N) is 1. The standard InChI is InChI=1S/C14H23NO3/c1-2-9-5-3-4-6-12(9)15-13(16)10-7-8-11(10)14(17)18/h9-12H,2-8H2,1H3,(H,15,16)(H,17,18). The van der Waals surface area contributed by atoms with Gasteiger partial charge in [-0.1, -0.05) is 26.2 Å². The topological polar surface area (TPSA) is 66.4 Å². The summed E-state index contributed by atoms with van der Waals surface area (Å²) in [6.07, 6.45) is 7.14. The predicted octanol–water partition coefficient (Wildman–Crippen LogP) is 2.18. The van der Waals surface area contributed by atoms with Gasteiger partial charge >= 0.3 is 5.97 Å².